The van der Waals surface area contributed by atoms with Crippen molar-refractivity contribution < 1.29 is 28.2 Å². The molecule has 0 bridgehead atoms. The molecule has 20 heavy (non-hydrogen) atoms. The highest BCUT2D eigenvalue weighted by Crippen LogP contribution is 2.21. The molecule has 0 amide bonds. The minimum absolute atomic E-state index is 0.144. The molecule has 1 aliphatic rings. The van der Waals surface area contributed by atoms with Crippen LogP contribution in [0.15, 0.2) is 23.1 Å². The molecule has 0 unspecified atom stereocenters. The van der Waals surface area contributed by atoms with Crippen molar-refractivity contribution in [2.24, 2.45) is 0 Å². The molecule has 1 aromatic carbocycles. The van der Waals surface area contributed by atoms with Gasteiger partial charge in [-0.3, -0.25) is 0 Å². The van der Waals surface area contributed by atoms with Crippen molar-refractivity contribution in [3.8, 4) is 5.75 Å². The average Bonchev–Trinajstić information content (AvgIpc) is 2.89. The van der Waals surface area contributed by atoms with Gasteiger partial charge >= 0.3 is 5.97 Å². The Labute approximate surface area is 116 Å². The number of rotatable bonds is 5. The highest BCUT2D eigenvalue weighted by atomic mass is 32.2. The molecular weight excluding hydrogens is 286 g/mol. The van der Waals surface area contributed by atoms with Crippen LogP contribution in [0.4, 0.5) is 0 Å². The van der Waals surface area contributed by atoms with E-state index in [0.29, 0.717) is 6.61 Å². The molecule has 8 heteroatoms. The number of aromatic hydroxyl groups is 1. The molecular formula is C12H15NO6S. The fraction of sp³-hybridized carbons (Fsp3) is 0.417. The number of carbonyl (C=O) groups is 1. The molecule has 1 atom stereocenters. The zero-order chi connectivity index (χ0) is 14.8. The standard InChI is InChI=1S/C12H15NO6S/c14-11-4-3-9(6-10(11)12(15)16)20(17,18)13-7-8-2-1-5-19-8/h3-4,6,8,13-14H,1-2,5,7H2,(H,15,16)/t8-/m1/s1. The Morgan fingerprint density at radius 3 is 2.80 bits per heavy atom. The van der Waals surface area contributed by atoms with Crippen molar-refractivity contribution in [1.82, 2.24) is 4.72 Å². The molecule has 1 aromatic rings. The smallest absolute Gasteiger partial charge is 0.339 e. The largest absolute Gasteiger partial charge is 0.507 e. The zero-order valence-electron chi connectivity index (χ0n) is 10.6. The highest BCUT2D eigenvalue weighted by Gasteiger charge is 2.22. The van der Waals surface area contributed by atoms with Gasteiger partial charge in [0, 0.05) is 13.2 Å². The molecule has 0 aliphatic carbocycles. The maximum atomic E-state index is 12.0. The maximum Gasteiger partial charge on any atom is 0.339 e. The van der Waals surface area contributed by atoms with Crippen LogP contribution in [0.1, 0.15) is 23.2 Å². The maximum absolute atomic E-state index is 12.0. The third kappa shape index (κ3) is 3.27. The number of phenols is 1. The van der Waals surface area contributed by atoms with Gasteiger partial charge in [0.2, 0.25) is 10.0 Å². The third-order valence-electron chi connectivity index (χ3n) is 3.03. The van der Waals surface area contributed by atoms with Gasteiger partial charge in [-0.2, -0.15) is 0 Å². The van der Waals surface area contributed by atoms with Gasteiger partial charge in [-0.1, -0.05) is 0 Å². The van der Waals surface area contributed by atoms with Crippen molar-refractivity contribution in [1.29, 1.82) is 0 Å². The van der Waals surface area contributed by atoms with Crippen LogP contribution in [0.3, 0.4) is 0 Å². The van der Waals surface area contributed by atoms with E-state index in [-0.39, 0.29) is 17.5 Å². The molecule has 0 saturated carbocycles. The quantitative estimate of drug-likeness (QED) is 0.732. The molecule has 2 rings (SSSR count). The summed E-state index contributed by atoms with van der Waals surface area (Å²) in [7, 11) is -3.82. The number of aromatic carboxylic acids is 1. The molecule has 0 aromatic heterocycles. The molecule has 1 heterocycles. The molecule has 1 saturated heterocycles. The number of ether oxygens (including phenoxy) is 1. The van der Waals surface area contributed by atoms with Crippen LogP contribution in [0.2, 0.25) is 0 Å². The molecule has 1 aliphatic heterocycles. The van der Waals surface area contributed by atoms with Crippen LogP contribution in [0, 0.1) is 0 Å². The van der Waals surface area contributed by atoms with Gasteiger partial charge in [0.05, 0.1) is 11.0 Å². The van der Waals surface area contributed by atoms with Crippen LogP contribution in [0.25, 0.3) is 0 Å². The predicted octanol–water partition coefficient (Wildman–Crippen LogP) is 0.548. The summed E-state index contributed by atoms with van der Waals surface area (Å²) in [5, 5.41) is 18.2. The normalized spacial score (nSPS) is 19.1. The Bertz CT molecular complexity index is 606. The van der Waals surface area contributed by atoms with Gasteiger partial charge < -0.3 is 14.9 Å². The van der Waals surface area contributed by atoms with Crippen molar-refractivity contribution in [2.45, 2.75) is 23.8 Å². The molecule has 0 radical (unpaired) electrons. The van der Waals surface area contributed by atoms with Crippen LogP contribution in [-0.4, -0.2) is 43.9 Å². The Balaban J connectivity index is 2.16. The van der Waals surface area contributed by atoms with Crippen LogP contribution in [0.5, 0.6) is 5.75 Å². The van der Waals surface area contributed by atoms with Crippen LogP contribution >= 0.6 is 0 Å². The molecule has 3 N–H and O–H groups in total. The van der Waals surface area contributed by atoms with E-state index < -0.39 is 27.3 Å². The summed E-state index contributed by atoms with van der Waals surface area (Å²) in [4.78, 5) is 10.7. The lowest BCUT2D eigenvalue weighted by atomic mass is 10.2. The van der Waals surface area contributed by atoms with E-state index >= 15 is 0 Å². The first kappa shape index (κ1) is 14.8. The van der Waals surface area contributed by atoms with E-state index in [1.54, 1.807) is 0 Å². The summed E-state index contributed by atoms with van der Waals surface area (Å²) in [6.45, 7) is 0.764. The van der Waals surface area contributed by atoms with Gasteiger partial charge in [0.1, 0.15) is 11.3 Å². The van der Waals surface area contributed by atoms with Crippen molar-refractivity contribution in [3.05, 3.63) is 23.8 Å². The van der Waals surface area contributed by atoms with Gasteiger partial charge in [-0.15, -0.1) is 0 Å². The predicted molar refractivity (Wildman–Crippen MR) is 69.2 cm³/mol. The van der Waals surface area contributed by atoms with E-state index in [1.807, 2.05) is 0 Å². The molecule has 110 valence electrons. The van der Waals surface area contributed by atoms with Crippen LogP contribution < -0.4 is 4.72 Å². The monoisotopic (exact) mass is 301 g/mol. The molecule has 1 fully saturated rings. The second kappa shape index (κ2) is 5.78. The highest BCUT2D eigenvalue weighted by molar-refractivity contribution is 7.89. The van der Waals surface area contributed by atoms with Crippen molar-refractivity contribution in [3.63, 3.8) is 0 Å². The molecule has 7 nitrogen and oxygen atoms in total. The summed E-state index contributed by atoms with van der Waals surface area (Å²) in [6, 6.07) is 3.12. The van der Waals surface area contributed by atoms with Gasteiger partial charge in [0.15, 0.2) is 0 Å². The van der Waals surface area contributed by atoms with Gasteiger partial charge in [-0.05, 0) is 31.0 Å². The number of hydrogen-bond donors (Lipinski definition) is 3. The van der Waals surface area contributed by atoms with Crippen molar-refractivity contribution >= 4 is 16.0 Å². The lowest BCUT2D eigenvalue weighted by molar-refractivity contribution is 0.0693. The van der Waals surface area contributed by atoms with E-state index in [2.05, 4.69) is 4.72 Å². The number of benzene rings is 1. The van der Waals surface area contributed by atoms with Gasteiger partial charge in [-0.25, -0.2) is 17.9 Å². The zero-order valence-corrected chi connectivity index (χ0v) is 11.4. The Morgan fingerprint density at radius 1 is 1.45 bits per heavy atom. The number of carboxylic acid groups (broad SMARTS) is 1. The lowest BCUT2D eigenvalue weighted by Gasteiger charge is -2.12. The summed E-state index contributed by atoms with van der Waals surface area (Å²) < 4.78 is 31.7. The number of hydrogen-bond acceptors (Lipinski definition) is 5. The second-order valence-corrected chi connectivity index (χ2v) is 6.24. The first-order chi connectivity index (χ1) is 9.40. The first-order valence-corrected chi connectivity index (χ1v) is 7.56. The summed E-state index contributed by atoms with van der Waals surface area (Å²) in [5.74, 6) is -1.87. The fourth-order valence-corrected chi connectivity index (χ4v) is 3.04. The van der Waals surface area contributed by atoms with Crippen LogP contribution in [-0.2, 0) is 14.8 Å². The molecule has 0 spiro atoms. The van der Waals surface area contributed by atoms with E-state index in [4.69, 9.17) is 9.84 Å². The fourth-order valence-electron chi connectivity index (χ4n) is 1.94. The summed E-state index contributed by atoms with van der Waals surface area (Å²) >= 11 is 0. The van der Waals surface area contributed by atoms with E-state index in [9.17, 15) is 18.3 Å². The lowest BCUT2D eigenvalue weighted by Crippen LogP contribution is -2.31. The SMILES string of the molecule is O=C(O)c1cc(S(=O)(=O)NC[C@H]2CCCO2)ccc1O. The number of carboxylic acids is 1. The number of nitrogens with one attached hydrogen (secondary N) is 1. The van der Waals surface area contributed by atoms with Gasteiger partial charge in [0.25, 0.3) is 0 Å². The minimum Gasteiger partial charge on any atom is -0.507 e. The van der Waals surface area contributed by atoms with Crippen molar-refractivity contribution in [2.75, 3.05) is 13.2 Å². The minimum atomic E-state index is -3.82. The third-order valence-corrected chi connectivity index (χ3v) is 4.45. The van der Waals surface area contributed by atoms with E-state index in [0.717, 1.165) is 31.0 Å². The summed E-state index contributed by atoms with van der Waals surface area (Å²) in [6.07, 6.45) is 1.54. The average molecular weight is 301 g/mol. The Hall–Kier alpha value is -1.64. The Morgan fingerprint density at radius 2 is 2.20 bits per heavy atom. The number of sulfonamides is 1. The second-order valence-electron chi connectivity index (χ2n) is 4.47. The van der Waals surface area contributed by atoms with E-state index in [1.165, 1.54) is 0 Å². The first-order valence-electron chi connectivity index (χ1n) is 6.08. The Kier molecular flexibility index (Phi) is 4.26. The summed E-state index contributed by atoms with van der Waals surface area (Å²) in [5.41, 5.74) is -0.454. The topological polar surface area (TPSA) is 113 Å².